The number of carbonyl (C=O) groups excluding carboxylic acids is 1. The van der Waals surface area contributed by atoms with Crippen molar-refractivity contribution < 1.29 is 14.3 Å². The molecule has 80 valence electrons. The second-order valence-electron chi connectivity index (χ2n) is 3.63. The van der Waals surface area contributed by atoms with Crippen molar-refractivity contribution >= 4 is 5.91 Å². The molecule has 4 N–H and O–H groups in total. The highest BCUT2D eigenvalue weighted by Gasteiger charge is 2.29. The second kappa shape index (κ2) is 3.13. The van der Waals surface area contributed by atoms with Crippen molar-refractivity contribution in [3.63, 3.8) is 0 Å². The monoisotopic (exact) mass is 208 g/mol. The van der Waals surface area contributed by atoms with E-state index in [4.69, 9.17) is 20.9 Å². The van der Waals surface area contributed by atoms with Crippen LogP contribution in [0, 0.1) is 0 Å². The maximum Gasteiger partial charge on any atom is 0.241 e. The number of nitrogens with two attached hydrogens (primary N) is 2. The molecule has 1 aromatic rings. The number of amides is 1. The average Bonchev–Trinajstić information content (AvgIpc) is 2.63. The Bertz CT molecular complexity index is 415. The summed E-state index contributed by atoms with van der Waals surface area (Å²) in [5, 5.41) is 0. The number of rotatable bonds is 2. The lowest BCUT2D eigenvalue weighted by molar-refractivity contribution is -0.122. The van der Waals surface area contributed by atoms with Crippen LogP contribution in [-0.4, -0.2) is 12.7 Å². The third kappa shape index (κ3) is 1.50. The number of benzene rings is 1. The highest BCUT2D eigenvalue weighted by molar-refractivity contribution is 5.85. The molecule has 5 nitrogen and oxygen atoms in total. The fourth-order valence-corrected chi connectivity index (χ4v) is 1.36. The average molecular weight is 208 g/mol. The van der Waals surface area contributed by atoms with Gasteiger partial charge in [-0.2, -0.15) is 0 Å². The van der Waals surface area contributed by atoms with Gasteiger partial charge < -0.3 is 20.9 Å². The van der Waals surface area contributed by atoms with Crippen molar-refractivity contribution in [3.05, 3.63) is 23.8 Å². The van der Waals surface area contributed by atoms with Crippen LogP contribution in [-0.2, 0) is 10.3 Å². The van der Waals surface area contributed by atoms with Crippen molar-refractivity contribution in [2.75, 3.05) is 6.79 Å². The van der Waals surface area contributed by atoms with E-state index >= 15 is 0 Å². The Labute approximate surface area is 87.0 Å². The fraction of sp³-hybridized carbons (Fsp3) is 0.300. The third-order valence-corrected chi connectivity index (χ3v) is 2.48. The highest BCUT2D eigenvalue weighted by atomic mass is 16.7. The highest BCUT2D eigenvalue weighted by Crippen LogP contribution is 2.34. The molecule has 2 rings (SSSR count). The molecule has 15 heavy (non-hydrogen) atoms. The Morgan fingerprint density at radius 2 is 2.07 bits per heavy atom. The van der Waals surface area contributed by atoms with E-state index in [1.54, 1.807) is 25.1 Å². The Balaban J connectivity index is 2.42. The Morgan fingerprint density at radius 1 is 1.40 bits per heavy atom. The van der Waals surface area contributed by atoms with Crippen molar-refractivity contribution in [3.8, 4) is 11.5 Å². The zero-order valence-electron chi connectivity index (χ0n) is 8.32. The summed E-state index contributed by atoms with van der Waals surface area (Å²) in [6.07, 6.45) is 0. The Hall–Kier alpha value is -1.75. The number of hydrogen-bond acceptors (Lipinski definition) is 4. The van der Waals surface area contributed by atoms with E-state index in [0.29, 0.717) is 17.1 Å². The molecule has 1 heterocycles. The zero-order chi connectivity index (χ0) is 11.1. The maximum absolute atomic E-state index is 11.1. The topological polar surface area (TPSA) is 87.6 Å². The van der Waals surface area contributed by atoms with Gasteiger partial charge in [0.15, 0.2) is 11.5 Å². The largest absolute Gasteiger partial charge is 0.454 e. The van der Waals surface area contributed by atoms with Gasteiger partial charge in [-0.1, -0.05) is 6.07 Å². The minimum atomic E-state index is -1.19. The lowest BCUT2D eigenvalue weighted by Crippen LogP contribution is -2.46. The van der Waals surface area contributed by atoms with Gasteiger partial charge in [0.05, 0.1) is 0 Å². The third-order valence-electron chi connectivity index (χ3n) is 2.48. The minimum Gasteiger partial charge on any atom is -0.454 e. The molecule has 1 amide bonds. The molecule has 0 saturated carbocycles. The van der Waals surface area contributed by atoms with Crippen molar-refractivity contribution in [2.45, 2.75) is 12.5 Å². The summed E-state index contributed by atoms with van der Waals surface area (Å²) >= 11 is 0. The summed E-state index contributed by atoms with van der Waals surface area (Å²) in [4.78, 5) is 11.1. The molecule has 5 heteroatoms. The van der Waals surface area contributed by atoms with Gasteiger partial charge in [-0.15, -0.1) is 0 Å². The first kappa shape index (κ1) is 9.79. The van der Waals surface area contributed by atoms with E-state index in [9.17, 15) is 4.79 Å². The van der Waals surface area contributed by atoms with E-state index in [-0.39, 0.29) is 6.79 Å². The first-order chi connectivity index (χ1) is 7.01. The summed E-state index contributed by atoms with van der Waals surface area (Å²) in [6.45, 7) is 1.75. The first-order valence-corrected chi connectivity index (χ1v) is 4.51. The molecule has 0 saturated heterocycles. The van der Waals surface area contributed by atoms with Crippen LogP contribution in [0.25, 0.3) is 0 Å². The standard InChI is InChI=1S/C10H12N2O3/c1-10(12,9(11)13)6-2-3-7-8(4-6)15-5-14-7/h2-4H,5,12H2,1H3,(H2,11,13)/t10-/m1/s1. The van der Waals surface area contributed by atoms with Crippen LogP contribution in [0.1, 0.15) is 12.5 Å². The molecule has 0 bridgehead atoms. The molecule has 1 atom stereocenters. The zero-order valence-corrected chi connectivity index (χ0v) is 8.32. The Kier molecular flexibility index (Phi) is 2.04. The molecule has 0 aromatic heterocycles. The van der Waals surface area contributed by atoms with Crippen LogP contribution in [0.15, 0.2) is 18.2 Å². The Morgan fingerprint density at radius 3 is 2.73 bits per heavy atom. The van der Waals surface area contributed by atoms with Gasteiger partial charge in [-0.05, 0) is 24.6 Å². The van der Waals surface area contributed by atoms with E-state index in [1.165, 1.54) is 0 Å². The van der Waals surface area contributed by atoms with E-state index in [2.05, 4.69) is 0 Å². The lowest BCUT2D eigenvalue weighted by Gasteiger charge is -2.20. The smallest absolute Gasteiger partial charge is 0.241 e. The normalized spacial score (nSPS) is 17.2. The number of hydrogen-bond donors (Lipinski definition) is 2. The van der Waals surface area contributed by atoms with Gasteiger partial charge in [0, 0.05) is 0 Å². The van der Waals surface area contributed by atoms with Crippen molar-refractivity contribution in [1.82, 2.24) is 0 Å². The number of ether oxygens (including phenoxy) is 2. The van der Waals surface area contributed by atoms with Gasteiger partial charge in [0.1, 0.15) is 5.54 Å². The van der Waals surface area contributed by atoms with Gasteiger partial charge in [0.25, 0.3) is 0 Å². The van der Waals surface area contributed by atoms with Crippen LogP contribution < -0.4 is 20.9 Å². The molecule has 1 aliphatic rings. The van der Waals surface area contributed by atoms with Crippen LogP contribution in [0.3, 0.4) is 0 Å². The summed E-state index contributed by atoms with van der Waals surface area (Å²) in [7, 11) is 0. The fourth-order valence-electron chi connectivity index (χ4n) is 1.36. The summed E-state index contributed by atoms with van der Waals surface area (Å²) in [6, 6.07) is 5.09. The minimum absolute atomic E-state index is 0.191. The summed E-state index contributed by atoms with van der Waals surface area (Å²) in [5.74, 6) is 0.658. The molecular formula is C10H12N2O3. The van der Waals surface area contributed by atoms with Gasteiger partial charge in [0.2, 0.25) is 12.7 Å². The molecule has 0 fully saturated rings. The summed E-state index contributed by atoms with van der Waals surface area (Å²) in [5.41, 5.74) is 10.4. The maximum atomic E-state index is 11.1. The van der Waals surface area contributed by atoms with Crippen LogP contribution in [0.5, 0.6) is 11.5 Å². The quantitative estimate of drug-likeness (QED) is 0.720. The molecular weight excluding hydrogens is 196 g/mol. The predicted octanol–water partition coefficient (Wildman–Crippen LogP) is 0.0745. The van der Waals surface area contributed by atoms with E-state index in [0.717, 1.165) is 0 Å². The molecule has 0 spiro atoms. The van der Waals surface area contributed by atoms with Crippen LogP contribution in [0.4, 0.5) is 0 Å². The SMILES string of the molecule is C[C@](N)(C(N)=O)c1ccc2c(c1)OCO2. The van der Waals surface area contributed by atoms with Gasteiger partial charge in [-0.3, -0.25) is 4.79 Å². The second-order valence-corrected chi connectivity index (χ2v) is 3.63. The number of primary amides is 1. The molecule has 0 aliphatic carbocycles. The first-order valence-electron chi connectivity index (χ1n) is 4.51. The number of carbonyl (C=O) groups is 1. The molecule has 1 aliphatic heterocycles. The van der Waals surface area contributed by atoms with E-state index < -0.39 is 11.4 Å². The molecule has 1 aromatic carbocycles. The van der Waals surface area contributed by atoms with Crippen LogP contribution >= 0.6 is 0 Å². The molecule has 0 radical (unpaired) electrons. The van der Waals surface area contributed by atoms with Crippen molar-refractivity contribution in [1.29, 1.82) is 0 Å². The summed E-state index contributed by atoms with van der Waals surface area (Å²) < 4.78 is 10.3. The predicted molar refractivity (Wildman–Crippen MR) is 53.3 cm³/mol. The van der Waals surface area contributed by atoms with Gasteiger partial charge in [-0.25, -0.2) is 0 Å². The molecule has 0 unspecified atom stereocenters. The number of fused-ring (bicyclic) bond motifs is 1. The van der Waals surface area contributed by atoms with Gasteiger partial charge >= 0.3 is 0 Å². The van der Waals surface area contributed by atoms with E-state index in [1.807, 2.05) is 0 Å². The van der Waals surface area contributed by atoms with Crippen molar-refractivity contribution in [2.24, 2.45) is 11.5 Å². The lowest BCUT2D eigenvalue weighted by atomic mass is 9.92. The van der Waals surface area contributed by atoms with Crippen LogP contribution in [0.2, 0.25) is 0 Å².